The van der Waals surface area contributed by atoms with Gasteiger partial charge in [-0.1, -0.05) is 49.7 Å². The standard InChI is InChI=1S/C26H31ClN4/c1-18(2)26-28-24-14-16-31(17-19-5-11-22(12-6-19)30(3)4)15-13-23(24)25(29-26)20-7-9-21(27)10-8-20/h5-12,18H,13-17H2,1-4H3. The van der Waals surface area contributed by atoms with Gasteiger partial charge in [0.2, 0.25) is 0 Å². The van der Waals surface area contributed by atoms with Crippen LogP contribution >= 0.6 is 11.6 Å². The van der Waals surface area contributed by atoms with Gasteiger partial charge in [-0.15, -0.1) is 0 Å². The van der Waals surface area contributed by atoms with Gasteiger partial charge in [0.1, 0.15) is 5.82 Å². The lowest BCUT2D eigenvalue weighted by atomic mass is 10.00. The first-order valence-corrected chi connectivity index (χ1v) is 11.4. The van der Waals surface area contributed by atoms with Crippen molar-refractivity contribution in [3.05, 3.63) is 76.2 Å². The van der Waals surface area contributed by atoms with Crippen molar-refractivity contribution in [2.24, 2.45) is 0 Å². The number of anilines is 1. The van der Waals surface area contributed by atoms with Gasteiger partial charge in [0.15, 0.2) is 0 Å². The van der Waals surface area contributed by atoms with Crippen molar-refractivity contribution in [2.45, 2.75) is 39.2 Å². The highest BCUT2D eigenvalue weighted by molar-refractivity contribution is 6.30. The highest BCUT2D eigenvalue weighted by atomic mass is 35.5. The minimum absolute atomic E-state index is 0.297. The summed E-state index contributed by atoms with van der Waals surface area (Å²) in [5.41, 5.74) is 7.27. The maximum absolute atomic E-state index is 6.13. The molecule has 0 spiro atoms. The van der Waals surface area contributed by atoms with Crippen molar-refractivity contribution >= 4 is 17.3 Å². The molecule has 3 aromatic rings. The fourth-order valence-corrected chi connectivity index (χ4v) is 4.21. The Morgan fingerprint density at radius 1 is 0.935 bits per heavy atom. The molecule has 0 fully saturated rings. The van der Waals surface area contributed by atoms with E-state index in [2.05, 4.69) is 74.1 Å². The van der Waals surface area contributed by atoms with Gasteiger partial charge in [-0.25, -0.2) is 9.97 Å². The summed E-state index contributed by atoms with van der Waals surface area (Å²) in [6.45, 7) is 7.30. The molecule has 1 aliphatic rings. The van der Waals surface area contributed by atoms with Crippen LogP contribution in [0.3, 0.4) is 0 Å². The van der Waals surface area contributed by atoms with E-state index >= 15 is 0 Å². The van der Waals surface area contributed by atoms with Crippen molar-refractivity contribution in [3.63, 3.8) is 0 Å². The van der Waals surface area contributed by atoms with E-state index in [1.807, 2.05) is 12.1 Å². The predicted molar refractivity (Wildman–Crippen MR) is 130 cm³/mol. The quantitative estimate of drug-likeness (QED) is 0.524. The summed E-state index contributed by atoms with van der Waals surface area (Å²) in [6, 6.07) is 16.9. The molecule has 0 saturated carbocycles. The minimum atomic E-state index is 0.297. The Labute approximate surface area is 190 Å². The van der Waals surface area contributed by atoms with E-state index < -0.39 is 0 Å². The van der Waals surface area contributed by atoms with Gasteiger partial charge in [-0.2, -0.15) is 0 Å². The van der Waals surface area contributed by atoms with Crippen molar-refractivity contribution in [1.29, 1.82) is 0 Å². The molecule has 0 aliphatic carbocycles. The Bertz CT molecular complexity index is 1030. The van der Waals surface area contributed by atoms with E-state index in [1.165, 1.54) is 22.5 Å². The maximum Gasteiger partial charge on any atom is 0.131 e. The molecule has 31 heavy (non-hydrogen) atoms. The molecule has 2 aromatic carbocycles. The number of halogens is 1. The van der Waals surface area contributed by atoms with Gasteiger partial charge in [-0.3, -0.25) is 4.90 Å². The zero-order valence-electron chi connectivity index (χ0n) is 18.9. The van der Waals surface area contributed by atoms with Gasteiger partial charge in [0, 0.05) is 73.6 Å². The van der Waals surface area contributed by atoms with E-state index in [-0.39, 0.29) is 0 Å². The van der Waals surface area contributed by atoms with Crippen LogP contribution in [-0.4, -0.2) is 42.1 Å². The highest BCUT2D eigenvalue weighted by Gasteiger charge is 2.22. The Balaban J connectivity index is 1.59. The lowest BCUT2D eigenvalue weighted by molar-refractivity contribution is 0.279. The Morgan fingerprint density at radius 3 is 2.26 bits per heavy atom. The van der Waals surface area contributed by atoms with E-state index in [0.29, 0.717) is 5.92 Å². The number of fused-ring (bicyclic) bond motifs is 1. The summed E-state index contributed by atoms with van der Waals surface area (Å²) in [4.78, 5) is 14.6. The molecular weight excluding hydrogens is 404 g/mol. The molecule has 1 aliphatic heterocycles. The van der Waals surface area contributed by atoms with Crippen LogP contribution in [0.2, 0.25) is 5.02 Å². The van der Waals surface area contributed by atoms with Gasteiger partial charge < -0.3 is 4.90 Å². The average molecular weight is 435 g/mol. The van der Waals surface area contributed by atoms with E-state index in [4.69, 9.17) is 21.6 Å². The summed E-state index contributed by atoms with van der Waals surface area (Å²) in [7, 11) is 4.15. The molecular formula is C26H31ClN4. The Kier molecular flexibility index (Phi) is 6.59. The maximum atomic E-state index is 6.13. The molecule has 4 nitrogen and oxygen atoms in total. The fourth-order valence-electron chi connectivity index (χ4n) is 4.09. The summed E-state index contributed by atoms with van der Waals surface area (Å²) >= 11 is 6.13. The number of benzene rings is 2. The molecule has 4 rings (SSSR count). The molecule has 162 valence electrons. The molecule has 0 bridgehead atoms. The van der Waals surface area contributed by atoms with Crippen LogP contribution in [0.25, 0.3) is 11.3 Å². The fraction of sp³-hybridized carbons (Fsp3) is 0.385. The predicted octanol–water partition coefficient (Wildman–Crippen LogP) is 5.59. The van der Waals surface area contributed by atoms with Crippen LogP contribution in [0.15, 0.2) is 48.5 Å². The van der Waals surface area contributed by atoms with E-state index in [1.54, 1.807) is 0 Å². The largest absolute Gasteiger partial charge is 0.378 e. The van der Waals surface area contributed by atoms with Crippen LogP contribution in [0.5, 0.6) is 0 Å². The zero-order chi connectivity index (χ0) is 22.0. The first-order valence-electron chi connectivity index (χ1n) is 11.0. The first kappa shape index (κ1) is 21.8. The molecule has 0 saturated heterocycles. The van der Waals surface area contributed by atoms with E-state index in [9.17, 15) is 0 Å². The average Bonchev–Trinajstić information content (AvgIpc) is 2.96. The Hall–Kier alpha value is -2.43. The molecule has 1 aromatic heterocycles. The second-order valence-electron chi connectivity index (χ2n) is 8.85. The number of hydrogen-bond acceptors (Lipinski definition) is 4. The normalized spacial score (nSPS) is 14.4. The molecule has 0 N–H and O–H groups in total. The number of rotatable bonds is 5. The second kappa shape index (κ2) is 9.37. The third-order valence-corrected chi connectivity index (χ3v) is 6.20. The zero-order valence-corrected chi connectivity index (χ0v) is 19.7. The lowest BCUT2D eigenvalue weighted by Gasteiger charge is -2.20. The van der Waals surface area contributed by atoms with E-state index in [0.717, 1.165) is 54.6 Å². The molecule has 0 atom stereocenters. The van der Waals surface area contributed by atoms with Crippen molar-refractivity contribution in [2.75, 3.05) is 32.1 Å². The van der Waals surface area contributed by atoms with Crippen LogP contribution in [0.1, 0.15) is 42.4 Å². The lowest BCUT2D eigenvalue weighted by Crippen LogP contribution is -2.26. The summed E-state index contributed by atoms with van der Waals surface area (Å²) in [5.74, 6) is 1.22. The molecule has 2 heterocycles. The Morgan fingerprint density at radius 2 is 1.61 bits per heavy atom. The first-order chi connectivity index (χ1) is 14.9. The monoisotopic (exact) mass is 434 g/mol. The minimum Gasteiger partial charge on any atom is -0.378 e. The molecule has 5 heteroatoms. The van der Waals surface area contributed by atoms with Crippen LogP contribution in [-0.2, 0) is 19.4 Å². The second-order valence-corrected chi connectivity index (χ2v) is 9.29. The van der Waals surface area contributed by atoms with Crippen molar-refractivity contribution < 1.29 is 0 Å². The summed E-state index contributed by atoms with van der Waals surface area (Å²) in [6.07, 6.45) is 1.91. The van der Waals surface area contributed by atoms with Gasteiger partial charge >= 0.3 is 0 Å². The van der Waals surface area contributed by atoms with Crippen LogP contribution < -0.4 is 4.90 Å². The van der Waals surface area contributed by atoms with Crippen LogP contribution in [0, 0.1) is 0 Å². The smallest absolute Gasteiger partial charge is 0.131 e. The van der Waals surface area contributed by atoms with Crippen LogP contribution in [0.4, 0.5) is 5.69 Å². The molecule has 0 radical (unpaired) electrons. The third kappa shape index (κ3) is 5.08. The van der Waals surface area contributed by atoms with Gasteiger partial charge in [-0.05, 0) is 36.2 Å². The topological polar surface area (TPSA) is 32.3 Å². The summed E-state index contributed by atoms with van der Waals surface area (Å²) in [5, 5.41) is 0.749. The number of nitrogens with zero attached hydrogens (tertiary/aromatic N) is 4. The summed E-state index contributed by atoms with van der Waals surface area (Å²) < 4.78 is 0. The molecule has 0 amide bonds. The van der Waals surface area contributed by atoms with Gasteiger partial charge in [0.25, 0.3) is 0 Å². The number of hydrogen-bond donors (Lipinski definition) is 0. The molecule has 0 unspecified atom stereocenters. The number of aromatic nitrogens is 2. The SMILES string of the molecule is CC(C)c1nc2c(c(-c3ccc(Cl)cc3)n1)CCN(Cc1ccc(N(C)C)cc1)CC2. The van der Waals surface area contributed by atoms with Gasteiger partial charge in [0.05, 0.1) is 5.69 Å². The van der Waals surface area contributed by atoms with Crippen molar-refractivity contribution in [1.82, 2.24) is 14.9 Å². The van der Waals surface area contributed by atoms with Crippen molar-refractivity contribution in [3.8, 4) is 11.3 Å². The highest BCUT2D eigenvalue weighted by Crippen LogP contribution is 2.29. The third-order valence-electron chi connectivity index (χ3n) is 5.95.